The zero-order valence-corrected chi connectivity index (χ0v) is 31.4. The molecule has 0 radical (unpaired) electrons. The van der Waals surface area contributed by atoms with Gasteiger partial charge in [0, 0.05) is 74.8 Å². The molecule has 4 atom stereocenters. The molecule has 0 spiro atoms. The molecule has 1 saturated carbocycles. The molecule has 2 aliphatic rings. The van der Waals surface area contributed by atoms with Crippen LogP contribution in [0.15, 0.2) is 49.2 Å². The maximum absolute atomic E-state index is 14.3. The van der Waals surface area contributed by atoms with Gasteiger partial charge in [-0.3, -0.25) is 24.0 Å². The highest BCUT2D eigenvalue weighted by molar-refractivity contribution is 5.92. The third kappa shape index (κ3) is 10.7. The molecule has 3 aromatic heterocycles. The van der Waals surface area contributed by atoms with E-state index in [-0.39, 0.29) is 54.3 Å². The summed E-state index contributed by atoms with van der Waals surface area (Å²) in [6.07, 6.45) is 13.0. The number of likely N-dealkylation sites (tertiary alicyclic amines) is 1. The summed E-state index contributed by atoms with van der Waals surface area (Å²) < 4.78 is 0. The summed E-state index contributed by atoms with van der Waals surface area (Å²) >= 11 is 0. The van der Waals surface area contributed by atoms with E-state index in [0.717, 1.165) is 61.5 Å². The molecule has 7 N–H and O–H groups in total. The van der Waals surface area contributed by atoms with Crippen molar-refractivity contribution in [3.63, 3.8) is 0 Å². The normalized spacial score (nSPS) is 17.1. The maximum atomic E-state index is 14.3. The number of H-pyrrole nitrogens is 3. The van der Waals surface area contributed by atoms with Crippen molar-refractivity contribution in [2.75, 3.05) is 19.6 Å². The van der Waals surface area contributed by atoms with E-state index in [2.05, 4.69) is 40.9 Å². The maximum Gasteiger partial charge on any atom is 0.243 e. The molecule has 0 bridgehead atoms. The molecule has 0 unspecified atom stereocenters. The van der Waals surface area contributed by atoms with Crippen molar-refractivity contribution in [2.45, 2.75) is 102 Å². The third-order valence-electron chi connectivity index (χ3n) is 10.9. The summed E-state index contributed by atoms with van der Waals surface area (Å²) in [5, 5.41) is 21.4. The number of imidazole rings is 2. The molecule has 15 nitrogen and oxygen atoms in total. The number of fused-ring (bicyclic) bond motifs is 1. The SMILES string of the molecule is CC(=O)c1cnc([C@@H](O)[C@@H](CC2CCCCC2)NC(=O)[C@H](Cc2cnc[nH]2)NC(=O)[C@@H](CC(=O)NCCCN2CCCC2=O)Cc2c[nH]c3ccccc23)[nH]1. The molecule has 294 valence electrons. The lowest BCUT2D eigenvalue weighted by atomic mass is 9.83. The Balaban J connectivity index is 1.19. The van der Waals surface area contributed by atoms with Gasteiger partial charge in [0.15, 0.2) is 5.78 Å². The van der Waals surface area contributed by atoms with Crippen molar-refractivity contribution in [3.05, 3.63) is 72.0 Å². The number of rotatable bonds is 19. The number of aliphatic hydroxyl groups excluding tert-OH is 1. The Bertz CT molecular complexity index is 1910. The van der Waals surface area contributed by atoms with Gasteiger partial charge in [0.2, 0.25) is 23.6 Å². The first-order chi connectivity index (χ1) is 26.6. The second-order valence-corrected chi connectivity index (χ2v) is 15.0. The average Bonchev–Trinajstić information content (AvgIpc) is 4.02. The molecule has 4 amide bonds. The minimum atomic E-state index is -1.23. The van der Waals surface area contributed by atoms with Crippen molar-refractivity contribution in [1.82, 2.24) is 45.8 Å². The van der Waals surface area contributed by atoms with E-state index < -0.39 is 35.9 Å². The van der Waals surface area contributed by atoms with Crippen molar-refractivity contribution in [3.8, 4) is 0 Å². The monoisotopic (exact) mass is 755 g/mol. The summed E-state index contributed by atoms with van der Waals surface area (Å²) in [5.41, 5.74) is 2.64. The molecule has 15 heteroatoms. The number of Topliss-reactive ketones (excluding diaryl/α,β-unsaturated/α-hetero) is 1. The molecule has 1 saturated heterocycles. The van der Waals surface area contributed by atoms with Gasteiger partial charge in [0.1, 0.15) is 23.7 Å². The molecular weight excluding hydrogens is 702 g/mol. The Morgan fingerprint density at radius 2 is 1.82 bits per heavy atom. The predicted octanol–water partition coefficient (Wildman–Crippen LogP) is 3.41. The number of ketones is 1. The zero-order chi connectivity index (χ0) is 38.7. The van der Waals surface area contributed by atoms with Gasteiger partial charge >= 0.3 is 0 Å². The molecule has 2 fully saturated rings. The van der Waals surface area contributed by atoms with Gasteiger partial charge in [-0.2, -0.15) is 0 Å². The molecule has 1 aromatic carbocycles. The summed E-state index contributed by atoms with van der Waals surface area (Å²) in [5.74, 6) is -1.75. The number of nitrogens with zero attached hydrogens (tertiary/aromatic N) is 3. The fourth-order valence-corrected chi connectivity index (χ4v) is 7.86. The molecular formula is C40H53N9O6. The van der Waals surface area contributed by atoms with Crippen LogP contribution in [0.3, 0.4) is 0 Å². The van der Waals surface area contributed by atoms with Crippen LogP contribution in [-0.2, 0) is 32.0 Å². The average molecular weight is 756 g/mol. The fourth-order valence-electron chi connectivity index (χ4n) is 7.86. The van der Waals surface area contributed by atoms with Gasteiger partial charge in [-0.15, -0.1) is 0 Å². The lowest BCUT2D eigenvalue weighted by Gasteiger charge is -2.31. The molecule has 4 heterocycles. The van der Waals surface area contributed by atoms with Crippen molar-refractivity contribution in [2.24, 2.45) is 11.8 Å². The molecule has 55 heavy (non-hydrogen) atoms. The highest BCUT2D eigenvalue weighted by Gasteiger charge is 2.34. The van der Waals surface area contributed by atoms with E-state index in [1.54, 1.807) is 11.1 Å². The summed E-state index contributed by atoms with van der Waals surface area (Å²) in [4.78, 5) is 85.2. The number of carbonyl (C=O) groups excluding carboxylic acids is 5. The quantitative estimate of drug-likeness (QED) is 0.0555. The topological polar surface area (TPSA) is 218 Å². The Morgan fingerprint density at radius 3 is 2.55 bits per heavy atom. The molecule has 6 rings (SSSR count). The Morgan fingerprint density at radius 1 is 1.00 bits per heavy atom. The fraction of sp³-hybridized carbons (Fsp3) is 0.525. The number of aliphatic hydroxyl groups is 1. The second kappa shape index (κ2) is 18.8. The van der Waals surface area contributed by atoms with Crippen LogP contribution >= 0.6 is 0 Å². The smallest absolute Gasteiger partial charge is 0.243 e. The van der Waals surface area contributed by atoms with Crippen LogP contribution in [0.25, 0.3) is 10.9 Å². The van der Waals surface area contributed by atoms with E-state index in [0.29, 0.717) is 38.0 Å². The van der Waals surface area contributed by atoms with Gasteiger partial charge in [0.25, 0.3) is 0 Å². The number of para-hydroxylation sites is 1. The van der Waals surface area contributed by atoms with Crippen LogP contribution in [0, 0.1) is 11.8 Å². The number of aromatic amines is 3. The highest BCUT2D eigenvalue weighted by Crippen LogP contribution is 2.31. The van der Waals surface area contributed by atoms with E-state index in [4.69, 9.17) is 0 Å². The number of amides is 4. The molecule has 4 aromatic rings. The van der Waals surface area contributed by atoms with Gasteiger partial charge in [0.05, 0.1) is 24.5 Å². The second-order valence-electron chi connectivity index (χ2n) is 15.0. The van der Waals surface area contributed by atoms with E-state index in [1.807, 2.05) is 30.5 Å². The standard InChI is InChI=1S/C40H53N9O6/c1-25(50)34-23-44-38(46-34)37(53)32(17-26-9-3-2-4-10-26)47-40(55)33(20-29-22-41-24-45-29)48-39(54)27(18-28-21-43-31-12-6-5-11-30(28)31)19-35(51)42-14-8-16-49-15-7-13-36(49)52/h5-6,11-12,21-24,26-27,32-33,37,43,53H,2-4,7-10,13-20H2,1H3,(H,41,45)(H,42,51)(H,44,46)(H,47,55)(H,48,54)/t27-,32-,33+,37+/m1/s1. The number of nitrogens with one attached hydrogen (secondary N) is 6. The van der Waals surface area contributed by atoms with Gasteiger partial charge in [-0.05, 0) is 43.2 Å². The third-order valence-corrected chi connectivity index (χ3v) is 10.9. The van der Waals surface area contributed by atoms with Crippen LogP contribution in [-0.4, -0.2) is 96.1 Å². The van der Waals surface area contributed by atoms with Crippen LogP contribution in [0.4, 0.5) is 0 Å². The highest BCUT2D eigenvalue weighted by atomic mass is 16.3. The van der Waals surface area contributed by atoms with E-state index in [1.165, 1.54) is 19.4 Å². The lowest BCUT2D eigenvalue weighted by Crippen LogP contribution is -2.53. The number of carbonyl (C=O) groups is 5. The first kappa shape index (κ1) is 39.4. The van der Waals surface area contributed by atoms with E-state index >= 15 is 0 Å². The predicted molar refractivity (Wildman–Crippen MR) is 204 cm³/mol. The zero-order valence-electron chi connectivity index (χ0n) is 31.4. The summed E-state index contributed by atoms with van der Waals surface area (Å²) in [6.45, 7) is 3.07. The molecule has 1 aliphatic heterocycles. The summed E-state index contributed by atoms with van der Waals surface area (Å²) in [7, 11) is 0. The Hall–Kier alpha value is -5.31. The Kier molecular flexibility index (Phi) is 13.5. The van der Waals surface area contributed by atoms with Crippen LogP contribution < -0.4 is 16.0 Å². The minimum absolute atomic E-state index is 0.0836. The van der Waals surface area contributed by atoms with Gasteiger partial charge in [-0.1, -0.05) is 50.3 Å². The van der Waals surface area contributed by atoms with E-state index in [9.17, 15) is 29.1 Å². The van der Waals surface area contributed by atoms with Crippen molar-refractivity contribution < 1.29 is 29.1 Å². The minimum Gasteiger partial charge on any atom is -0.383 e. The van der Waals surface area contributed by atoms with Crippen LogP contribution in [0.2, 0.25) is 0 Å². The van der Waals surface area contributed by atoms with Gasteiger partial charge in [-0.25, -0.2) is 9.97 Å². The Labute approximate surface area is 320 Å². The number of aromatic nitrogens is 5. The van der Waals surface area contributed by atoms with Crippen LogP contribution in [0.1, 0.15) is 105 Å². The summed E-state index contributed by atoms with van der Waals surface area (Å²) in [6, 6.07) is 5.90. The van der Waals surface area contributed by atoms with Crippen molar-refractivity contribution >= 4 is 40.3 Å². The number of benzene rings is 1. The first-order valence-electron chi connectivity index (χ1n) is 19.6. The van der Waals surface area contributed by atoms with Crippen molar-refractivity contribution in [1.29, 1.82) is 0 Å². The van der Waals surface area contributed by atoms with Gasteiger partial charge < -0.3 is 40.9 Å². The number of hydrogen-bond acceptors (Lipinski definition) is 8. The first-order valence-corrected chi connectivity index (χ1v) is 19.6. The lowest BCUT2D eigenvalue weighted by molar-refractivity contribution is -0.133. The molecule has 1 aliphatic carbocycles. The van der Waals surface area contributed by atoms with Crippen LogP contribution in [0.5, 0.6) is 0 Å². The number of hydrogen-bond donors (Lipinski definition) is 7. The largest absolute Gasteiger partial charge is 0.383 e.